The first-order valence-electron chi connectivity index (χ1n) is 6.38. The van der Waals surface area contributed by atoms with Crippen molar-refractivity contribution in [1.82, 2.24) is 0 Å². The monoisotopic (exact) mass is 235 g/mol. The van der Waals surface area contributed by atoms with Crippen LogP contribution in [-0.4, -0.2) is 17.8 Å². The number of rotatable bonds is 5. The van der Waals surface area contributed by atoms with E-state index in [0.29, 0.717) is 19.3 Å². The first-order chi connectivity index (χ1) is 8.29. The number of nitrogens with two attached hydrogens (primary N) is 1. The minimum atomic E-state index is -0.526. The van der Waals surface area contributed by atoms with Gasteiger partial charge >= 0.3 is 0 Å². The average molecular weight is 235 g/mol. The smallest absolute Gasteiger partial charge is 0.102 e. The fourth-order valence-electron chi connectivity index (χ4n) is 2.25. The maximum atomic E-state index is 9.99. The Morgan fingerprint density at radius 2 is 1.88 bits per heavy atom. The minimum absolute atomic E-state index is 0.355. The quantitative estimate of drug-likeness (QED) is 0.822. The van der Waals surface area contributed by atoms with Crippen molar-refractivity contribution in [3.63, 3.8) is 0 Å². The van der Waals surface area contributed by atoms with E-state index in [9.17, 15) is 5.11 Å². The Hall–Kier alpha value is -0.900. The predicted octanol–water partition coefficient (Wildman–Crippen LogP) is 2.14. The molecule has 1 saturated carbocycles. The van der Waals surface area contributed by atoms with Crippen molar-refractivity contribution in [3.05, 3.63) is 35.4 Å². The van der Waals surface area contributed by atoms with Crippen LogP contribution in [0.5, 0.6) is 0 Å². The van der Waals surface area contributed by atoms with Crippen LogP contribution in [0.1, 0.15) is 42.9 Å². The van der Waals surface area contributed by atoms with Gasteiger partial charge in [-0.15, -0.1) is 0 Å². The summed E-state index contributed by atoms with van der Waals surface area (Å²) in [4.78, 5) is 0. The molecule has 0 amide bonds. The minimum Gasteiger partial charge on any atom is -0.386 e. The molecule has 1 aliphatic carbocycles. The fraction of sp³-hybridized carbons (Fsp3) is 0.571. The second kappa shape index (κ2) is 6.15. The van der Waals surface area contributed by atoms with Crippen molar-refractivity contribution in [1.29, 1.82) is 0 Å². The van der Waals surface area contributed by atoms with Crippen molar-refractivity contribution in [3.8, 4) is 0 Å². The Labute approximate surface area is 103 Å². The molecule has 1 aromatic carbocycles. The molecule has 1 aromatic rings. The van der Waals surface area contributed by atoms with Gasteiger partial charge in [-0.05, 0) is 24.0 Å². The Kier molecular flexibility index (Phi) is 4.54. The van der Waals surface area contributed by atoms with Crippen LogP contribution in [0.4, 0.5) is 0 Å². The molecule has 0 aliphatic heterocycles. The Morgan fingerprint density at radius 1 is 1.24 bits per heavy atom. The summed E-state index contributed by atoms with van der Waals surface area (Å²) in [5.41, 5.74) is 7.51. The molecule has 0 saturated heterocycles. The van der Waals surface area contributed by atoms with Crippen molar-refractivity contribution < 1.29 is 9.84 Å². The van der Waals surface area contributed by atoms with Gasteiger partial charge in [-0.2, -0.15) is 0 Å². The number of aliphatic hydroxyl groups excluding tert-OH is 1. The highest BCUT2D eigenvalue weighted by Gasteiger charge is 2.17. The van der Waals surface area contributed by atoms with Crippen LogP contribution in [0.2, 0.25) is 0 Å². The molecule has 0 aromatic heterocycles. The lowest BCUT2D eigenvalue weighted by Crippen LogP contribution is -2.14. The van der Waals surface area contributed by atoms with E-state index in [4.69, 9.17) is 10.5 Å². The van der Waals surface area contributed by atoms with Gasteiger partial charge in [0.2, 0.25) is 0 Å². The Balaban J connectivity index is 1.83. The van der Waals surface area contributed by atoms with Gasteiger partial charge in [-0.1, -0.05) is 37.1 Å². The number of ether oxygens (including phenoxy) is 1. The molecular weight excluding hydrogens is 214 g/mol. The van der Waals surface area contributed by atoms with E-state index in [0.717, 1.165) is 24.0 Å². The number of hydrogen-bond acceptors (Lipinski definition) is 3. The van der Waals surface area contributed by atoms with Crippen LogP contribution >= 0.6 is 0 Å². The molecule has 0 heterocycles. The molecule has 3 N–H and O–H groups in total. The van der Waals surface area contributed by atoms with Gasteiger partial charge in [0, 0.05) is 6.54 Å². The normalized spacial score (nSPS) is 18.5. The molecule has 1 fully saturated rings. The Morgan fingerprint density at radius 3 is 2.47 bits per heavy atom. The average Bonchev–Trinajstić information content (AvgIpc) is 2.89. The van der Waals surface area contributed by atoms with Crippen LogP contribution in [0.15, 0.2) is 24.3 Å². The van der Waals surface area contributed by atoms with Gasteiger partial charge in [0.05, 0.1) is 12.7 Å². The van der Waals surface area contributed by atoms with Crippen LogP contribution in [-0.2, 0) is 11.3 Å². The molecule has 0 radical (unpaired) electrons. The molecule has 1 atom stereocenters. The van der Waals surface area contributed by atoms with Crippen molar-refractivity contribution in [2.24, 2.45) is 5.73 Å². The molecule has 1 aliphatic rings. The van der Waals surface area contributed by atoms with E-state index < -0.39 is 6.10 Å². The summed E-state index contributed by atoms with van der Waals surface area (Å²) in [6.45, 7) is 0.932. The van der Waals surface area contributed by atoms with Gasteiger partial charge in [-0.3, -0.25) is 0 Å². The summed E-state index contributed by atoms with van der Waals surface area (Å²) >= 11 is 0. The zero-order valence-electron chi connectivity index (χ0n) is 10.1. The highest BCUT2D eigenvalue weighted by molar-refractivity contribution is 5.24. The fourth-order valence-corrected chi connectivity index (χ4v) is 2.25. The third kappa shape index (κ3) is 3.53. The van der Waals surface area contributed by atoms with Gasteiger partial charge in [0.15, 0.2) is 0 Å². The lowest BCUT2D eigenvalue weighted by atomic mass is 10.1. The second-order valence-electron chi connectivity index (χ2n) is 4.70. The zero-order valence-corrected chi connectivity index (χ0v) is 10.1. The summed E-state index contributed by atoms with van der Waals surface area (Å²) < 4.78 is 5.70. The third-order valence-electron chi connectivity index (χ3n) is 3.39. The van der Waals surface area contributed by atoms with Crippen LogP contribution in [0, 0.1) is 0 Å². The standard InChI is InChI=1S/C14H21NO2/c15-9-11-5-7-12(8-6-11)14(16)10-17-13-3-1-2-4-13/h5-8,13-14,16H,1-4,9-10,15H2. The van der Waals surface area contributed by atoms with E-state index >= 15 is 0 Å². The van der Waals surface area contributed by atoms with Crippen LogP contribution in [0.3, 0.4) is 0 Å². The lowest BCUT2D eigenvalue weighted by Gasteiger charge is -2.16. The van der Waals surface area contributed by atoms with E-state index in [1.54, 1.807) is 0 Å². The van der Waals surface area contributed by atoms with Gasteiger partial charge in [0.25, 0.3) is 0 Å². The van der Waals surface area contributed by atoms with Crippen molar-refractivity contribution in [2.45, 2.75) is 44.4 Å². The van der Waals surface area contributed by atoms with E-state index in [1.807, 2.05) is 24.3 Å². The maximum Gasteiger partial charge on any atom is 0.102 e. The summed E-state index contributed by atoms with van der Waals surface area (Å²) in [6, 6.07) is 7.75. The summed E-state index contributed by atoms with van der Waals surface area (Å²) in [6.07, 6.45) is 4.62. The topological polar surface area (TPSA) is 55.5 Å². The number of benzene rings is 1. The maximum absolute atomic E-state index is 9.99. The molecular formula is C14H21NO2. The van der Waals surface area contributed by atoms with E-state index in [2.05, 4.69) is 0 Å². The summed E-state index contributed by atoms with van der Waals surface area (Å²) in [5, 5.41) is 9.99. The number of aliphatic hydroxyl groups is 1. The summed E-state index contributed by atoms with van der Waals surface area (Å²) in [7, 11) is 0. The predicted molar refractivity (Wildman–Crippen MR) is 67.5 cm³/mol. The van der Waals surface area contributed by atoms with E-state index in [1.165, 1.54) is 12.8 Å². The lowest BCUT2D eigenvalue weighted by molar-refractivity contribution is -0.00699. The molecule has 1 unspecified atom stereocenters. The molecule has 0 spiro atoms. The van der Waals surface area contributed by atoms with Crippen molar-refractivity contribution >= 4 is 0 Å². The highest BCUT2D eigenvalue weighted by Crippen LogP contribution is 2.23. The first kappa shape index (κ1) is 12.6. The van der Waals surface area contributed by atoms with Gasteiger partial charge in [0.1, 0.15) is 6.10 Å². The molecule has 94 valence electrons. The van der Waals surface area contributed by atoms with Crippen LogP contribution in [0.25, 0.3) is 0 Å². The first-order valence-corrected chi connectivity index (χ1v) is 6.38. The van der Waals surface area contributed by atoms with Gasteiger partial charge in [-0.25, -0.2) is 0 Å². The number of hydrogen-bond donors (Lipinski definition) is 2. The van der Waals surface area contributed by atoms with Crippen molar-refractivity contribution in [2.75, 3.05) is 6.61 Å². The van der Waals surface area contributed by atoms with Crippen LogP contribution < -0.4 is 5.73 Å². The SMILES string of the molecule is NCc1ccc(C(O)COC2CCCC2)cc1. The Bertz CT molecular complexity index is 331. The summed E-state index contributed by atoms with van der Waals surface area (Å²) in [5.74, 6) is 0. The molecule has 2 rings (SSSR count). The van der Waals surface area contributed by atoms with Gasteiger partial charge < -0.3 is 15.6 Å². The molecule has 3 nitrogen and oxygen atoms in total. The second-order valence-corrected chi connectivity index (χ2v) is 4.70. The molecule has 0 bridgehead atoms. The third-order valence-corrected chi connectivity index (χ3v) is 3.39. The zero-order chi connectivity index (χ0) is 12.1. The molecule has 3 heteroatoms. The highest BCUT2D eigenvalue weighted by atomic mass is 16.5. The van der Waals surface area contributed by atoms with E-state index in [-0.39, 0.29) is 0 Å². The largest absolute Gasteiger partial charge is 0.386 e. The molecule has 17 heavy (non-hydrogen) atoms.